The Morgan fingerprint density at radius 3 is 2.75 bits per heavy atom. The number of carboxylic acids is 1. The molecule has 0 aromatic heterocycles. The molecule has 2 aliphatic heterocycles. The molecule has 1 N–H and O–H groups in total. The zero-order chi connectivity index (χ0) is 14.3. The quantitative estimate of drug-likeness (QED) is 0.900. The number of hydrogen-bond donors (Lipinski definition) is 1. The second-order valence-electron chi connectivity index (χ2n) is 5.34. The van der Waals surface area contributed by atoms with Gasteiger partial charge in [0.05, 0.1) is 11.3 Å². The van der Waals surface area contributed by atoms with Crippen molar-refractivity contribution in [3.8, 4) is 0 Å². The standard InChI is InChI=1S/C14H16F2N2O2/c15-12-10(14(19)20)3-4-11(13(12)16)18-7-6-17-5-1-2-9(17)8-18/h3-4,9H,1-2,5-8H2,(H,19,20). The molecular formula is C14H16F2N2O2. The van der Waals surface area contributed by atoms with Crippen LogP contribution in [0.1, 0.15) is 23.2 Å². The van der Waals surface area contributed by atoms with Crippen molar-refractivity contribution in [2.75, 3.05) is 31.1 Å². The van der Waals surface area contributed by atoms with Gasteiger partial charge >= 0.3 is 5.97 Å². The number of fused-ring (bicyclic) bond motifs is 1. The highest BCUT2D eigenvalue weighted by molar-refractivity contribution is 5.88. The highest BCUT2D eigenvalue weighted by Crippen LogP contribution is 2.29. The number of carbonyl (C=O) groups is 1. The van der Waals surface area contributed by atoms with Gasteiger partial charge in [0, 0.05) is 25.7 Å². The van der Waals surface area contributed by atoms with Gasteiger partial charge in [-0.05, 0) is 31.5 Å². The van der Waals surface area contributed by atoms with Crippen LogP contribution in [-0.2, 0) is 0 Å². The van der Waals surface area contributed by atoms with Crippen molar-refractivity contribution in [1.29, 1.82) is 0 Å². The summed E-state index contributed by atoms with van der Waals surface area (Å²) >= 11 is 0. The van der Waals surface area contributed by atoms with E-state index in [1.807, 2.05) is 4.90 Å². The highest BCUT2D eigenvalue weighted by Gasteiger charge is 2.32. The Hall–Kier alpha value is -1.69. The van der Waals surface area contributed by atoms with E-state index in [9.17, 15) is 13.6 Å². The lowest BCUT2D eigenvalue weighted by Gasteiger charge is -2.38. The normalized spacial score (nSPS) is 22.9. The second kappa shape index (κ2) is 5.01. The second-order valence-corrected chi connectivity index (χ2v) is 5.34. The third kappa shape index (κ3) is 2.14. The molecule has 6 heteroatoms. The molecule has 0 bridgehead atoms. The Morgan fingerprint density at radius 2 is 2.00 bits per heavy atom. The summed E-state index contributed by atoms with van der Waals surface area (Å²) in [5.74, 6) is -3.78. The maximum atomic E-state index is 14.1. The minimum atomic E-state index is -1.45. The van der Waals surface area contributed by atoms with Gasteiger partial charge in [-0.25, -0.2) is 13.6 Å². The molecule has 2 aliphatic rings. The number of piperazine rings is 1. The number of carboxylic acid groups (broad SMARTS) is 1. The molecule has 0 saturated carbocycles. The largest absolute Gasteiger partial charge is 0.478 e. The molecule has 0 amide bonds. The average Bonchev–Trinajstić information content (AvgIpc) is 2.88. The van der Waals surface area contributed by atoms with E-state index in [4.69, 9.17) is 5.11 Å². The number of anilines is 1. The van der Waals surface area contributed by atoms with E-state index in [-0.39, 0.29) is 5.69 Å². The molecule has 1 aromatic carbocycles. The SMILES string of the molecule is O=C(O)c1ccc(N2CCN3CCCC3C2)c(F)c1F. The molecule has 1 atom stereocenters. The molecule has 1 unspecified atom stereocenters. The van der Waals surface area contributed by atoms with Gasteiger partial charge < -0.3 is 10.0 Å². The van der Waals surface area contributed by atoms with Crippen LogP contribution in [0.25, 0.3) is 0 Å². The zero-order valence-electron chi connectivity index (χ0n) is 11.0. The summed E-state index contributed by atoms with van der Waals surface area (Å²) < 4.78 is 27.8. The molecule has 2 fully saturated rings. The van der Waals surface area contributed by atoms with Crippen LogP contribution in [0.2, 0.25) is 0 Å². The first kappa shape index (κ1) is 13.3. The predicted molar refractivity (Wildman–Crippen MR) is 70.1 cm³/mol. The molecule has 0 spiro atoms. The molecule has 0 aliphatic carbocycles. The molecular weight excluding hydrogens is 266 g/mol. The van der Waals surface area contributed by atoms with Crippen molar-refractivity contribution < 1.29 is 18.7 Å². The van der Waals surface area contributed by atoms with E-state index in [1.54, 1.807) is 0 Å². The van der Waals surface area contributed by atoms with Crippen LogP contribution < -0.4 is 4.90 Å². The summed E-state index contributed by atoms with van der Waals surface area (Å²) in [6.07, 6.45) is 2.22. The zero-order valence-corrected chi connectivity index (χ0v) is 11.0. The Kier molecular flexibility index (Phi) is 3.33. The predicted octanol–water partition coefficient (Wildman–Crippen LogP) is 1.95. The lowest BCUT2D eigenvalue weighted by Crippen LogP contribution is -2.50. The van der Waals surface area contributed by atoms with Crippen LogP contribution in [0.5, 0.6) is 0 Å². The van der Waals surface area contributed by atoms with E-state index in [2.05, 4.69) is 4.90 Å². The fourth-order valence-corrected chi connectivity index (χ4v) is 3.16. The first-order valence-electron chi connectivity index (χ1n) is 6.78. The monoisotopic (exact) mass is 282 g/mol. The van der Waals surface area contributed by atoms with Gasteiger partial charge in [0.2, 0.25) is 0 Å². The molecule has 2 saturated heterocycles. The molecule has 2 heterocycles. The maximum absolute atomic E-state index is 14.1. The minimum absolute atomic E-state index is 0.166. The van der Waals surface area contributed by atoms with Gasteiger partial charge in [0.25, 0.3) is 0 Å². The summed E-state index contributed by atoms with van der Waals surface area (Å²) in [7, 11) is 0. The van der Waals surface area contributed by atoms with Crippen LogP contribution in [0, 0.1) is 11.6 Å². The van der Waals surface area contributed by atoms with Crippen LogP contribution in [0.4, 0.5) is 14.5 Å². The number of halogens is 2. The van der Waals surface area contributed by atoms with E-state index in [0.29, 0.717) is 19.1 Å². The van der Waals surface area contributed by atoms with E-state index in [1.165, 1.54) is 6.07 Å². The van der Waals surface area contributed by atoms with Crippen LogP contribution in [0.15, 0.2) is 12.1 Å². The molecule has 1 aromatic rings. The van der Waals surface area contributed by atoms with Crippen molar-refractivity contribution in [2.45, 2.75) is 18.9 Å². The van der Waals surface area contributed by atoms with Gasteiger partial charge in [-0.3, -0.25) is 4.90 Å². The van der Waals surface area contributed by atoms with Crippen molar-refractivity contribution in [2.24, 2.45) is 0 Å². The Labute approximate surface area is 115 Å². The van der Waals surface area contributed by atoms with Crippen LogP contribution in [0.3, 0.4) is 0 Å². The summed E-state index contributed by atoms with van der Waals surface area (Å²) in [4.78, 5) is 15.0. The number of benzene rings is 1. The van der Waals surface area contributed by atoms with Gasteiger partial charge in [-0.15, -0.1) is 0 Å². The summed E-state index contributed by atoms with van der Waals surface area (Å²) in [6, 6.07) is 2.90. The van der Waals surface area contributed by atoms with Crippen LogP contribution in [-0.4, -0.2) is 48.2 Å². The fourth-order valence-electron chi connectivity index (χ4n) is 3.16. The minimum Gasteiger partial charge on any atom is -0.478 e. The number of nitrogens with zero attached hydrogens (tertiary/aromatic N) is 2. The first-order valence-corrected chi connectivity index (χ1v) is 6.78. The van der Waals surface area contributed by atoms with E-state index < -0.39 is 23.2 Å². The van der Waals surface area contributed by atoms with E-state index >= 15 is 0 Å². The van der Waals surface area contributed by atoms with Crippen LogP contribution >= 0.6 is 0 Å². The molecule has 4 nitrogen and oxygen atoms in total. The highest BCUT2D eigenvalue weighted by atomic mass is 19.2. The number of aromatic carboxylic acids is 1. The Balaban J connectivity index is 1.87. The van der Waals surface area contributed by atoms with Gasteiger partial charge in [-0.2, -0.15) is 0 Å². The van der Waals surface area contributed by atoms with Gasteiger partial charge in [0.15, 0.2) is 11.6 Å². The molecule has 0 radical (unpaired) electrons. The molecule has 108 valence electrons. The van der Waals surface area contributed by atoms with Crippen molar-refractivity contribution >= 4 is 11.7 Å². The number of rotatable bonds is 2. The Bertz CT molecular complexity index is 550. The summed E-state index contributed by atoms with van der Waals surface area (Å²) in [5, 5.41) is 8.79. The third-order valence-corrected chi connectivity index (χ3v) is 4.22. The van der Waals surface area contributed by atoms with Gasteiger partial charge in [0.1, 0.15) is 0 Å². The molecule has 3 rings (SSSR count). The van der Waals surface area contributed by atoms with Crippen molar-refractivity contribution in [3.63, 3.8) is 0 Å². The molecule has 20 heavy (non-hydrogen) atoms. The fraction of sp³-hybridized carbons (Fsp3) is 0.500. The Morgan fingerprint density at radius 1 is 1.20 bits per heavy atom. The van der Waals surface area contributed by atoms with E-state index in [0.717, 1.165) is 32.0 Å². The lowest BCUT2D eigenvalue weighted by molar-refractivity contribution is 0.0690. The summed E-state index contributed by atoms with van der Waals surface area (Å²) in [5.41, 5.74) is -0.454. The third-order valence-electron chi connectivity index (χ3n) is 4.22. The lowest BCUT2D eigenvalue weighted by atomic mass is 10.1. The van der Waals surface area contributed by atoms with Crippen molar-refractivity contribution in [1.82, 2.24) is 4.90 Å². The van der Waals surface area contributed by atoms with Gasteiger partial charge in [-0.1, -0.05) is 0 Å². The smallest absolute Gasteiger partial charge is 0.338 e. The summed E-state index contributed by atoms with van der Waals surface area (Å²) in [6.45, 7) is 3.22. The average molecular weight is 282 g/mol. The first-order chi connectivity index (χ1) is 9.58. The maximum Gasteiger partial charge on any atom is 0.338 e. The number of hydrogen-bond acceptors (Lipinski definition) is 3. The topological polar surface area (TPSA) is 43.8 Å². The van der Waals surface area contributed by atoms with Crippen molar-refractivity contribution in [3.05, 3.63) is 29.3 Å².